The highest BCUT2D eigenvalue weighted by atomic mass is 35.5. The molecule has 7 heteroatoms. The molecule has 1 saturated heterocycles. The van der Waals surface area contributed by atoms with Crippen LogP contribution < -0.4 is 5.56 Å². The second-order valence-electron chi connectivity index (χ2n) is 10.7. The summed E-state index contributed by atoms with van der Waals surface area (Å²) in [6.45, 7) is 2.80. The number of pyridine rings is 2. The molecule has 39 heavy (non-hydrogen) atoms. The Kier molecular flexibility index (Phi) is 7.29. The lowest BCUT2D eigenvalue weighted by atomic mass is 9.86. The second-order valence-corrected chi connectivity index (χ2v) is 11.1. The van der Waals surface area contributed by atoms with E-state index in [0.717, 1.165) is 65.3 Å². The lowest BCUT2D eigenvalue weighted by Crippen LogP contribution is -2.40. The minimum absolute atomic E-state index is 0.00307. The van der Waals surface area contributed by atoms with Gasteiger partial charge in [-0.1, -0.05) is 54.1 Å². The Morgan fingerprint density at radius 2 is 1.87 bits per heavy atom. The Labute approximate surface area is 233 Å². The molecule has 0 radical (unpaired) electrons. The summed E-state index contributed by atoms with van der Waals surface area (Å²) < 4.78 is 21.0. The van der Waals surface area contributed by atoms with Crippen molar-refractivity contribution in [1.82, 2.24) is 9.55 Å². The molecule has 3 heterocycles. The van der Waals surface area contributed by atoms with Gasteiger partial charge in [-0.15, -0.1) is 0 Å². The predicted molar refractivity (Wildman–Crippen MR) is 153 cm³/mol. The normalized spacial score (nSPS) is 19.2. The monoisotopic (exact) mass is 544 g/mol. The largest absolute Gasteiger partial charge is 0.358 e. The molecule has 1 saturated carbocycles. The maximum absolute atomic E-state index is 12.4. The summed E-state index contributed by atoms with van der Waals surface area (Å²) in [4.78, 5) is 17.3. The van der Waals surface area contributed by atoms with E-state index in [1.807, 2.05) is 43.5 Å². The summed E-state index contributed by atoms with van der Waals surface area (Å²) in [6, 6.07) is 20.2. The van der Waals surface area contributed by atoms with Crippen molar-refractivity contribution in [2.24, 2.45) is 7.05 Å². The first-order valence-electron chi connectivity index (χ1n) is 13.7. The third-order valence-electron chi connectivity index (χ3n) is 7.62. The summed E-state index contributed by atoms with van der Waals surface area (Å²) in [5.41, 5.74) is 3.34. The first kappa shape index (κ1) is 26.2. The van der Waals surface area contributed by atoms with Gasteiger partial charge in [-0.05, 0) is 79.3 Å². The molecular formula is C32H33ClN2O4. The van der Waals surface area contributed by atoms with Gasteiger partial charge in [0.2, 0.25) is 0 Å². The summed E-state index contributed by atoms with van der Waals surface area (Å²) >= 11 is 6.66. The van der Waals surface area contributed by atoms with E-state index in [9.17, 15) is 4.79 Å². The van der Waals surface area contributed by atoms with E-state index in [-0.39, 0.29) is 24.6 Å². The summed E-state index contributed by atoms with van der Waals surface area (Å²) in [7, 11) is 1.78. The van der Waals surface area contributed by atoms with Crippen LogP contribution in [0.25, 0.3) is 21.9 Å². The van der Waals surface area contributed by atoms with Crippen LogP contribution in [-0.2, 0) is 26.9 Å². The molecule has 2 fully saturated rings. The molecule has 6 rings (SSSR count). The van der Waals surface area contributed by atoms with E-state index in [0.29, 0.717) is 17.3 Å². The van der Waals surface area contributed by atoms with E-state index in [2.05, 4.69) is 30.3 Å². The maximum atomic E-state index is 12.4. The number of hydrogen-bond donors (Lipinski definition) is 0. The average Bonchev–Trinajstić information content (AvgIpc) is 3.78. The van der Waals surface area contributed by atoms with Crippen molar-refractivity contribution in [1.29, 1.82) is 0 Å². The van der Waals surface area contributed by atoms with Gasteiger partial charge in [0.1, 0.15) is 5.15 Å². The van der Waals surface area contributed by atoms with Gasteiger partial charge >= 0.3 is 0 Å². The van der Waals surface area contributed by atoms with Gasteiger partial charge in [0.25, 0.3) is 5.56 Å². The zero-order chi connectivity index (χ0) is 27.0. The highest BCUT2D eigenvalue weighted by Gasteiger charge is 2.44. The molecule has 2 aromatic heterocycles. The highest BCUT2D eigenvalue weighted by molar-refractivity contribution is 6.30. The van der Waals surface area contributed by atoms with Gasteiger partial charge in [-0.25, -0.2) is 4.98 Å². The van der Waals surface area contributed by atoms with E-state index in [1.54, 1.807) is 11.6 Å². The molecule has 1 aliphatic heterocycles. The van der Waals surface area contributed by atoms with Crippen LogP contribution in [0.1, 0.15) is 48.9 Å². The average molecular weight is 545 g/mol. The number of aromatic nitrogens is 2. The lowest BCUT2D eigenvalue weighted by molar-refractivity contribution is -0.197. The minimum atomic E-state index is -0.982. The van der Waals surface area contributed by atoms with Gasteiger partial charge in [0.05, 0.1) is 18.4 Å². The minimum Gasteiger partial charge on any atom is -0.358 e. The smallest absolute Gasteiger partial charge is 0.253 e. The Morgan fingerprint density at radius 1 is 1.05 bits per heavy atom. The number of benzene rings is 2. The molecule has 202 valence electrons. The Morgan fingerprint density at radius 3 is 2.59 bits per heavy atom. The number of rotatable bonds is 8. The van der Waals surface area contributed by atoms with Crippen molar-refractivity contribution >= 4 is 22.4 Å². The SMILES string of the molecule is Cc1cc(-c2ccc3cc(Cl)nc(C(COC4CCCCO4)(OC4CC4)c4ccccc4)c3c2)cn(C)c1=O. The van der Waals surface area contributed by atoms with E-state index in [4.69, 9.17) is 30.8 Å². The summed E-state index contributed by atoms with van der Waals surface area (Å²) in [6.07, 6.45) is 6.68. The van der Waals surface area contributed by atoms with E-state index in [1.165, 1.54) is 0 Å². The van der Waals surface area contributed by atoms with Crippen LogP contribution in [0.5, 0.6) is 0 Å². The Hall–Kier alpha value is -3.03. The highest BCUT2D eigenvalue weighted by Crippen LogP contribution is 2.44. The Balaban J connectivity index is 1.54. The van der Waals surface area contributed by atoms with Gasteiger partial charge in [-0.3, -0.25) is 4.79 Å². The topological polar surface area (TPSA) is 62.6 Å². The van der Waals surface area contributed by atoms with Crippen molar-refractivity contribution < 1.29 is 14.2 Å². The lowest BCUT2D eigenvalue weighted by Gasteiger charge is -2.36. The number of ether oxygens (including phenoxy) is 3. The molecule has 0 amide bonds. The first-order valence-corrected chi connectivity index (χ1v) is 14.1. The van der Waals surface area contributed by atoms with Gasteiger partial charge in [-0.2, -0.15) is 0 Å². The zero-order valence-electron chi connectivity index (χ0n) is 22.4. The summed E-state index contributed by atoms with van der Waals surface area (Å²) in [5.74, 6) is 0. The fraction of sp³-hybridized carbons (Fsp3) is 0.375. The van der Waals surface area contributed by atoms with Crippen LogP contribution in [0.15, 0.2) is 71.7 Å². The molecular weight excluding hydrogens is 512 g/mol. The molecule has 6 nitrogen and oxygen atoms in total. The van der Waals surface area contributed by atoms with Crippen molar-refractivity contribution in [3.8, 4) is 11.1 Å². The zero-order valence-corrected chi connectivity index (χ0v) is 23.1. The van der Waals surface area contributed by atoms with Gasteiger partial charge in [0, 0.05) is 30.8 Å². The van der Waals surface area contributed by atoms with Crippen LogP contribution in [0.2, 0.25) is 5.15 Å². The van der Waals surface area contributed by atoms with Crippen LogP contribution in [0.4, 0.5) is 0 Å². The van der Waals surface area contributed by atoms with Crippen LogP contribution in [0.3, 0.4) is 0 Å². The third kappa shape index (κ3) is 5.39. The number of nitrogens with zero attached hydrogens (tertiary/aromatic N) is 2. The van der Waals surface area contributed by atoms with Crippen LogP contribution >= 0.6 is 11.6 Å². The molecule has 4 aromatic rings. The van der Waals surface area contributed by atoms with Crippen LogP contribution in [0, 0.1) is 6.92 Å². The number of aryl methyl sites for hydroxylation is 2. The first-order chi connectivity index (χ1) is 18.9. The third-order valence-corrected chi connectivity index (χ3v) is 7.82. The fourth-order valence-electron chi connectivity index (χ4n) is 5.41. The molecule has 1 aliphatic carbocycles. The molecule has 2 aromatic carbocycles. The number of fused-ring (bicyclic) bond motifs is 1. The second kappa shape index (κ2) is 10.9. The summed E-state index contributed by atoms with van der Waals surface area (Å²) in [5, 5.41) is 2.29. The molecule has 2 unspecified atom stereocenters. The molecule has 0 bridgehead atoms. The predicted octanol–water partition coefficient (Wildman–Crippen LogP) is 6.53. The molecule has 0 spiro atoms. The van der Waals surface area contributed by atoms with E-state index < -0.39 is 5.60 Å². The molecule has 2 atom stereocenters. The fourth-order valence-corrected chi connectivity index (χ4v) is 5.62. The molecule has 2 aliphatic rings. The van der Waals surface area contributed by atoms with Crippen molar-refractivity contribution in [3.63, 3.8) is 0 Å². The van der Waals surface area contributed by atoms with Crippen molar-refractivity contribution in [2.75, 3.05) is 13.2 Å². The quantitative estimate of drug-likeness (QED) is 0.236. The standard InChI is InChI=1S/C32H33ClN2O4/c1-21-16-24(19-35(2)31(21)36)22-11-12-23-18-28(33)34-30(27(23)17-22)32(39-26-13-14-26,25-8-4-3-5-9-25)20-38-29-10-6-7-15-37-29/h3-5,8-9,11-12,16-19,26,29H,6-7,10,13-15,20H2,1-2H3. The van der Waals surface area contributed by atoms with Gasteiger partial charge < -0.3 is 18.8 Å². The maximum Gasteiger partial charge on any atom is 0.253 e. The number of halogens is 1. The molecule has 0 N–H and O–H groups in total. The van der Waals surface area contributed by atoms with Crippen LogP contribution in [-0.4, -0.2) is 35.2 Å². The van der Waals surface area contributed by atoms with Gasteiger partial charge in [0.15, 0.2) is 11.9 Å². The number of hydrogen-bond acceptors (Lipinski definition) is 5. The van der Waals surface area contributed by atoms with Crippen molar-refractivity contribution in [3.05, 3.63) is 99.2 Å². The van der Waals surface area contributed by atoms with E-state index >= 15 is 0 Å². The Bertz CT molecular complexity index is 1520. The van der Waals surface area contributed by atoms with Crippen molar-refractivity contribution in [2.45, 2.75) is 57.0 Å².